The van der Waals surface area contributed by atoms with Gasteiger partial charge < -0.3 is 10.2 Å². The van der Waals surface area contributed by atoms with E-state index in [1.165, 1.54) is 11.1 Å². The highest BCUT2D eigenvalue weighted by Crippen LogP contribution is 2.31. The van der Waals surface area contributed by atoms with Gasteiger partial charge in [-0.15, -0.1) is 0 Å². The Labute approximate surface area is 128 Å². The molecule has 2 fully saturated rings. The highest BCUT2D eigenvalue weighted by Gasteiger charge is 2.34. The molecule has 1 aromatic carbocycles. The number of nitrogens with zero attached hydrogens (tertiary/aromatic N) is 1. The number of hydrogen-bond acceptors (Lipinski definition) is 2. The number of benzene rings is 1. The maximum absolute atomic E-state index is 12.7. The average molecular weight is 335 g/mol. The third kappa shape index (κ3) is 2.81. The smallest absolute Gasteiger partial charge is 0.250 e. The second-order valence-electron chi connectivity index (χ2n) is 5.59. The molecule has 20 heavy (non-hydrogen) atoms. The van der Waals surface area contributed by atoms with Gasteiger partial charge in [-0.3, -0.25) is 4.79 Å². The maximum atomic E-state index is 12.7. The van der Waals surface area contributed by atoms with E-state index in [1.807, 2.05) is 30.0 Å². The number of carbonyl (C=O) groups is 1. The van der Waals surface area contributed by atoms with Gasteiger partial charge in [0.05, 0.1) is 0 Å². The largest absolute Gasteiger partial charge is 0.332 e. The van der Waals surface area contributed by atoms with E-state index < -0.39 is 0 Å². The maximum Gasteiger partial charge on any atom is 0.250 e. The van der Waals surface area contributed by atoms with Crippen LogP contribution in [0.2, 0.25) is 0 Å². The normalized spacial score (nSPS) is 17.6. The summed E-state index contributed by atoms with van der Waals surface area (Å²) >= 11 is 3.57. The van der Waals surface area contributed by atoms with Crippen LogP contribution in [0.1, 0.15) is 25.3 Å². The Hall–Kier alpha value is -1.13. The Morgan fingerprint density at radius 3 is 2.60 bits per heavy atom. The van der Waals surface area contributed by atoms with E-state index >= 15 is 0 Å². The van der Waals surface area contributed by atoms with Crippen LogP contribution >= 0.6 is 15.9 Å². The van der Waals surface area contributed by atoms with Gasteiger partial charge in [0.15, 0.2) is 0 Å². The molecule has 106 valence electrons. The van der Waals surface area contributed by atoms with Crippen molar-refractivity contribution >= 4 is 21.8 Å². The Morgan fingerprint density at radius 1 is 1.35 bits per heavy atom. The Kier molecular flexibility index (Phi) is 3.94. The summed E-state index contributed by atoms with van der Waals surface area (Å²) in [7, 11) is 0. The van der Waals surface area contributed by atoms with Crippen molar-refractivity contribution in [3.8, 4) is 0 Å². The van der Waals surface area contributed by atoms with Crippen LogP contribution in [-0.4, -0.2) is 29.9 Å². The second-order valence-corrected chi connectivity index (χ2v) is 6.44. The minimum Gasteiger partial charge on any atom is -0.332 e. The number of amides is 1. The molecule has 1 saturated carbocycles. The van der Waals surface area contributed by atoms with Gasteiger partial charge in [-0.05, 0) is 37.0 Å². The SMILES string of the molecule is CC(C(=O)N(Cc1ccccc1Br)C1CC1)=C1CNC1. The molecule has 1 heterocycles. The number of carbonyl (C=O) groups excluding carboxylic acids is 1. The Morgan fingerprint density at radius 2 is 2.05 bits per heavy atom. The molecule has 1 saturated heterocycles. The first-order valence-electron chi connectivity index (χ1n) is 7.10. The summed E-state index contributed by atoms with van der Waals surface area (Å²) in [4.78, 5) is 14.7. The average Bonchev–Trinajstić information content (AvgIpc) is 3.19. The van der Waals surface area contributed by atoms with Crippen LogP contribution in [-0.2, 0) is 11.3 Å². The predicted octanol–water partition coefficient (Wildman–Crippen LogP) is 2.86. The molecular weight excluding hydrogens is 316 g/mol. The summed E-state index contributed by atoms with van der Waals surface area (Å²) in [6.07, 6.45) is 2.27. The van der Waals surface area contributed by atoms with Crippen molar-refractivity contribution in [1.82, 2.24) is 10.2 Å². The van der Waals surface area contributed by atoms with Crippen LogP contribution in [0, 0.1) is 0 Å². The third-order valence-electron chi connectivity index (χ3n) is 4.07. The molecule has 2 aliphatic rings. The van der Waals surface area contributed by atoms with Crippen LogP contribution in [0.5, 0.6) is 0 Å². The van der Waals surface area contributed by atoms with Crippen molar-refractivity contribution < 1.29 is 4.79 Å². The molecule has 0 aromatic heterocycles. The molecule has 0 bridgehead atoms. The number of hydrogen-bond donors (Lipinski definition) is 1. The van der Waals surface area contributed by atoms with E-state index in [0.29, 0.717) is 12.6 Å². The summed E-state index contributed by atoms with van der Waals surface area (Å²) in [5.41, 5.74) is 3.37. The van der Waals surface area contributed by atoms with Crippen molar-refractivity contribution in [2.24, 2.45) is 0 Å². The van der Waals surface area contributed by atoms with Gasteiger partial charge in [0, 0.05) is 35.7 Å². The van der Waals surface area contributed by atoms with E-state index in [4.69, 9.17) is 0 Å². The molecule has 0 radical (unpaired) electrons. The van der Waals surface area contributed by atoms with Crippen molar-refractivity contribution in [2.75, 3.05) is 13.1 Å². The number of nitrogens with one attached hydrogen (secondary N) is 1. The highest BCUT2D eigenvalue weighted by molar-refractivity contribution is 9.10. The lowest BCUT2D eigenvalue weighted by Gasteiger charge is -2.27. The summed E-state index contributed by atoms with van der Waals surface area (Å²) in [6.45, 7) is 4.40. The zero-order chi connectivity index (χ0) is 14.1. The van der Waals surface area contributed by atoms with Crippen LogP contribution in [0.4, 0.5) is 0 Å². The molecule has 1 aromatic rings. The van der Waals surface area contributed by atoms with E-state index in [2.05, 4.69) is 27.3 Å². The van der Waals surface area contributed by atoms with Crippen LogP contribution in [0.3, 0.4) is 0 Å². The molecule has 0 atom stereocenters. The molecule has 1 aliphatic carbocycles. The lowest BCUT2D eigenvalue weighted by atomic mass is 10.0. The quantitative estimate of drug-likeness (QED) is 0.858. The molecular formula is C16H19BrN2O. The van der Waals surface area contributed by atoms with Gasteiger partial charge in [-0.25, -0.2) is 0 Å². The predicted molar refractivity (Wildman–Crippen MR) is 83.3 cm³/mol. The van der Waals surface area contributed by atoms with Gasteiger partial charge in [-0.2, -0.15) is 0 Å². The third-order valence-corrected chi connectivity index (χ3v) is 4.85. The number of rotatable bonds is 4. The topological polar surface area (TPSA) is 32.3 Å². The van der Waals surface area contributed by atoms with Crippen molar-refractivity contribution in [1.29, 1.82) is 0 Å². The Bertz CT molecular complexity index is 557. The number of halogens is 1. The van der Waals surface area contributed by atoms with Gasteiger partial charge in [0.1, 0.15) is 0 Å². The standard InChI is InChI=1S/C16H19BrN2O/c1-11(13-8-18-9-13)16(20)19(14-6-7-14)10-12-4-2-3-5-15(12)17/h2-5,14,18H,6-10H2,1H3. The monoisotopic (exact) mass is 334 g/mol. The second kappa shape index (κ2) is 5.70. The van der Waals surface area contributed by atoms with E-state index in [-0.39, 0.29) is 5.91 Å². The summed E-state index contributed by atoms with van der Waals surface area (Å²) < 4.78 is 1.08. The van der Waals surface area contributed by atoms with Crippen LogP contribution < -0.4 is 5.32 Å². The van der Waals surface area contributed by atoms with Gasteiger partial charge in [-0.1, -0.05) is 34.1 Å². The van der Waals surface area contributed by atoms with Crippen molar-refractivity contribution in [3.05, 3.63) is 45.4 Å². The first kappa shape index (κ1) is 13.8. The van der Waals surface area contributed by atoms with Gasteiger partial charge >= 0.3 is 0 Å². The van der Waals surface area contributed by atoms with Crippen molar-refractivity contribution in [3.63, 3.8) is 0 Å². The van der Waals surface area contributed by atoms with E-state index in [9.17, 15) is 4.79 Å². The van der Waals surface area contributed by atoms with E-state index in [0.717, 1.165) is 36.0 Å². The summed E-state index contributed by atoms with van der Waals surface area (Å²) in [5, 5.41) is 3.20. The molecule has 0 spiro atoms. The fourth-order valence-electron chi connectivity index (χ4n) is 2.44. The molecule has 0 unspecified atom stereocenters. The molecule has 1 amide bonds. The van der Waals surface area contributed by atoms with Crippen LogP contribution in [0.15, 0.2) is 39.9 Å². The summed E-state index contributed by atoms with van der Waals surface area (Å²) in [5.74, 6) is 0.208. The Balaban J connectivity index is 1.79. The minimum atomic E-state index is 0.208. The zero-order valence-electron chi connectivity index (χ0n) is 11.7. The first-order valence-corrected chi connectivity index (χ1v) is 7.90. The fraction of sp³-hybridized carbons (Fsp3) is 0.438. The zero-order valence-corrected chi connectivity index (χ0v) is 13.2. The highest BCUT2D eigenvalue weighted by atomic mass is 79.9. The van der Waals surface area contributed by atoms with E-state index in [1.54, 1.807) is 0 Å². The van der Waals surface area contributed by atoms with Crippen molar-refractivity contribution in [2.45, 2.75) is 32.4 Å². The molecule has 3 nitrogen and oxygen atoms in total. The molecule has 1 aliphatic heterocycles. The molecule has 1 N–H and O–H groups in total. The fourth-order valence-corrected chi connectivity index (χ4v) is 2.86. The lowest BCUT2D eigenvalue weighted by molar-refractivity contribution is -0.128. The molecule has 3 rings (SSSR count). The van der Waals surface area contributed by atoms with Gasteiger partial charge in [0.2, 0.25) is 5.91 Å². The minimum absolute atomic E-state index is 0.208. The van der Waals surface area contributed by atoms with Gasteiger partial charge in [0.25, 0.3) is 0 Å². The first-order chi connectivity index (χ1) is 9.66. The van der Waals surface area contributed by atoms with Crippen LogP contribution in [0.25, 0.3) is 0 Å². The lowest BCUT2D eigenvalue weighted by Crippen LogP contribution is -2.39. The molecule has 4 heteroatoms. The summed E-state index contributed by atoms with van der Waals surface area (Å²) in [6, 6.07) is 8.57.